The molecule has 0 saturated carbocycles. The topological polar surface area (TPSA) is 164 Å². The summed E-state index contributed by atoms with van der Waals surface area (Å²) in [5.74, 6) is -4.63. The first-order chi connectivity index (χ1) is 13.7. The molecule has 1 fully saturated rings. The lowest BCUT2D eigenvalue weighted by molar-refractivity contribution is -0.141. The Morgan fingerprint density at radius 1 is 1.38 bits per heavy atom. The number of alkyl halides is 2. The van der Waals surface area contributed by atoms with Gasteiger partial charge in [0.15, 0.2) is 6.10 Å². The van der Waals surface area contributed by atoms with E-state index < -0.39 is 42.6 Å². The predicted octanol–water partition coefficient (Wildman–Crippen LogP) is -0.982. The summed E-state index contributed by atoms with van der Waals surface area (Å²) in [7, 11) is 0. The molecule has 0 aromatic carbocycles. The summed E-state index contributed by atoms with van der Waals surface area (Å²) in [5.41, 5.74) is -1.16. The standard InChI is InChI=1S/C14H14ClF2N7O5/c15-11-19-5-20-12(23-11)18-3-8(26)21-7-1-2-24(13(28)22-7)10-14(16,17)9(27)6(4-25)29-10/h1-2,5-6,9-10,25,27H,3-4H2,(H,18,19,20,23)(H,21,22,26,28)/t6-,9-,10-/m1/s1. The lowest BCUT2D eigenvalue weighted by atomic mass is 10.1. The van der Waals surface area contributed by atoms with Gasteiger partial charge >= 0.3 is 11.6 Å². The van der Waals surface area contributed by atoms with Crippen LogP contribution in [0.15, 0.2) is 23.4 Å². The van der Waals surface area contributed by atoms with Gasteiger partial charge in [-0.15, -0.1) is 0 Å². The molecule has 15 heteroatoms. The van der Waals surface area contributed by atoms with Crippen molar-refractivity contribution in [1.29, 1.82) is 0 Å². The van der Waals surface area contributed by atoms with Crippen LogP contribution in [0.3, 0.4) is 0 Å². The molecule has 1 saturated heterocycles. The van der Waals surface area contributed by atoms with Gasteiger partial charge in [0.2, 0.25) is 23.4 Å². The van der Waals surface area contributed by atoms with E-state index in [1.54, 1.807) is 0 Å². The van der Waals surface area contributed by atoms with E-state index in [9.17, 15) is 23.5 Å². The fourth-order valence-electron chi connectivity index (χ4n) is 2.49. The number of nitrogens with zero attached hydrogens (tertiary/aromatic N) is 5. The zero-order valence-corrected chi connectivity index (χ0v) is 15.1. The Morgan fingerprint density at radius 3 is 2.76 bits per heavy atom. The fourth-order valence-corrected chi connectivity index (χ4v) is 2.61. The molecule has 12 nitrogen and oxygen atoms in total. The van der Waals surface area contributed by atoms with Gasteiger partial charge in [-0.25, -0.2) is 14.8 Å². The van der Waals surface area contributed by atoms with Crippen LogP contribution in [-0.2, 0) is 9.53 Å². The normalized spacial score (nSPS) is 23.0. The van der Waals surface area contributed by atoms with Gasteiger partial charge in [-0.2, -0.15) is 18.7 Å². The summed E-state index contributed by atoms with van der Waals surface area (Å²) in [6, 6.07) is 1.09. The number of halogens is 3. The Labute approximate surface area is 165 Å². The highest BCUT2D eigenvalue weighted by Crippen LogP contribution is 2.41. The number of carbonyl (C=O) groups excluding carboxylic acids is 1. The van der Waals surface area contributed by atoms with Crippen LogP contribution in [-0.4, -0.2) is 71.9 Å². The molecule has 29 heavy (non-hydrogen) atoms. The second kappa shape index (κ2) is 8.28. The number of anilines is 2. The second-order valence-corrected chi connectivity index (χ2v) is 6.15. The average molecular weight is 434 g/mol. The summed E-state index contributed by atoms with van der Waals surface area (Å²) >= 11 is 5.58. The molecule has 0 bridgehead atoms. The van der Waals surface area contributed by atoms with Crippen LogP contribution in [0, 0.1) is 0 Å². The number of hydrogen-bond donors (Lipinski definition) is 4. The molecule has 1 aliphatic rings. The molecule has 1 amide bonds. The predicted molar refractivity (Wildman–Crippen MR) is 92.4 cm³/mol. The number of rotatable bonds is 6. The molecule has 2 aromatic rings. The number of aliphatic hydroxyl groups is 2. The molecule has 0 radical (unpaired) electrons. The minimum absolute atomic E-state index is 0.0427. The van der Waals surface area contributed by atoms with E-state index in [0.717, 1.165) is 18.6 Å². The number of hydrogen-bond acceptors (Lipinski definition) is 10. The number of aliphatic hydroxyl groups excluding tert-OH is 2. The zero-order valence-electron chi connectivity index (χ0n) is 14.4. The Hall–Kier alpha value is -2.81. The van der Waals surface area contributed by atoms with E-state index in [0.29, 0.717) is 4.57 Å². The zero-order chi connectivity index (χ0) is 21.2. The van der Waals surface area contributed by atoms with Gasteiger partial charge < -0.3 is 25.6 Å². The first-order valence-corrected chi connectivity index (χ1v) is 8.40. The van der Waals surface area contributed by atoms with Crippen LogP contribution in [0.5, 0.6) is 0 Å². The van der Waals surface area contributed by atoms with Crippen molar-refractivity contribution in [1.82, 2.24) is 24.5 Å². The number of amides is 1. The van der Waals surface area contributed by atoms with Crippen LogP contribution in [0.1, 0.15) is 6.23 Å². The maximum Gasteiger partial charge on any atom is 0.351 e. The molecule has 2 aromatic heterocycles. The van der Waals surface area contributed by atoms with Crippen LogP contribution in [0.4, 0.5) is 20.5 Å². The largest absolute Gasteiger partial charge is 0.394 e. The Balaban J connectivity index is 1.66. The number of ether oxygens (including phenoxy) is 1. The van der Waals surface area contributed by atoms with Gasteiger partial charge in [-0.05, 0) is 17.7 Å². The van der Waals surface area contributed by atoms with E-state index in [2.05, 4.69) is 30.6 Å². The highest BCUT2D eigenvalue weighted by atomic mass is 35.5. The van der Waals surface area contributed by atoms with Crippen LogP contribution < -0.4 is 16.3 Å². The highest BCUT2D eigenvalue weighted by Gasteiger charge is 2.59. The van der Waals surface area contributed by atoms with Crippen molar-refractivity contribution in [3.8, 4) is 0 Å². The van der Waals surface area contributed by atoms with E-state index in [4.69, 9.17) is 21.4 Å². The van der Waals surface area contributed by atoms with Crippen LogP contribution in [0.2, 0.25) is 5.28 Å². The van der Waals surface area contributed by atoms with Crippen molar-refractivity contribution in [3.63, 3.8) is 0 Å². The maximum absolute atomic E-state index is 14.1. The van der Waals surface area contributed by atoms with E-state index in [1.807, 2.05) is 0 Å². The Morgan fingerprint density at radius 2 is 2.14 bits per heavy atom. The van der Waals surface area contributed by atoms with Crippen LogP contribution >= 0.6 is 11.6 Å². The SMILES string of the molecule is O=C(CNc1ncnc(Cl)n1)Nc1ccn([C@@H]2O[C@H](CO)[C@@H](O)C2(F)F)c(=O)n1. The Bertz CT molecular complexity index is 962. The first-order valence-electron chi connectivity index (χ1n) is 8.02. The van der Waals surface area contributed by atoms with Gasteiger partial charge in [0, 0.05) is 6.20 Å². The lowest BCUT2D eigenvalue weighted by Crippen LogP contribution is -2.41. The van der Waals surface area contributed by atoms with Gasteiger partial charge in [-0.3, -0.25) is 9.36 Å². The number of carbonyl (C=O) groups is 1. The van der Waals surface area contributed by atoms with Gasteiger partial charge in [0.25, 0.3) is 0 Å². The van der Waals surface area contributed by atoms with Crippen molar-refractivity contribution >= 4 is 29.3 Å². The molecule has 1 aliphatic heterocycles. The quantitative estimate of drug-likeness (QED) is 0.445. The molecule has 0 aliphatic carbocycles. The van der Waals surface area contributed by atoms with Crippen molar-refractivity contribution in [2.75, 3.05) is 23.8 Å². The molecule has 4 N–H and O–H groups in total. The number of nitrogens with one attached hydrogen (secondary N) is 2. The third kappa shape index (κ3) is 4.45. The van der Waals surface area contributed by atoms with Gasteiger partial charge in [0.05, 0.1) is 13.2 Å². The summed E-state index contributed by atoms with van der Waals surface area (Å²) < 4.78 is 33.6. The summed E-state index contributed by atoms with van der Waals surface area (Å²) in [6.07, 6.45) is -3.95. The first kappa shape index (κ1) is 20.9. The minimum atomic E-state index is -3.83. The van der Waals surface area contributed by atoms with Crippen molar-refractivity contribution in [2.24, 2.45) is 0 Å². The second-order valence-electron chi connectivity index (χ2n) is 5.81. The summed E-state index contributed by atoms with van der Waals surface area (Å²) in [5, 5.41) is 23.3. The molecule has 3 atom stereocenters. The monoisotopic (exact) mass is 433 g/mol. The van der Waals surface area contributed by atoms with E-state index in [-0.39, 0.29) is 23.6 Å². The van der Waals surface area contributed by atoms with Crippen molar-refractivity contribution in [2.45, 2.75) is 24.4 Å². The van der Waals surface area contributed by atoms with E-state index in [1.165, 1.54) is 0 Å². The van der Waals surface area contributed by atoms with Gasteiger partial charge in [0.1, 0.15) is 18.2 Å². The Kier molecular flexibility index (Phi) is 5.97. The molecule has 3 rings (SSSR count). The molecular formula is C14H14ClF2N7O5. The van der Waals surface area contributed by atoms with E-state index >= 15 is 0 Å². The molecular weight excluding hydrogens is 420 g/mol. The third-order valence-corrected chi connectivity index (χ3v) is 4.04. The van der Waals surface area contributed by atoms with Crippen molar-refractivity contribution in [3.05, 3.63) is 34.4 Å². The average Bonchev–Trinajstić information content (AvgIpc) is 2.90. The smallest absolute Gasteiger partial charge is 0.351 e. The fraction of sp³-hybridized carbons (Fsp3) is 0.429. The van der Waals surface area contributed by atoms with Crippen molar-refractivity contribution < 1.29 is 28.5 Å². The molecule has 0 spiro atoms. The maximum atomic E-state index is 14.1. The third-order valence-electron chi connectivity index (χ3n) is 3.86. The van der Waals surface area contributed by atoms with Crippen LogP contribution in [0.25, 0.3) is 0 Å². The molecule has 3 heterocycles. The molecule has 0 unspecified atom stereocenters. The lowest BCUT2D eigenvalue weighted by Gasteiger charge is -2.21. The summed E-state index contributed by atoms with van der Waals surface area (Å²) in [4.78, 5) is 38.5. The molecule has 156 valence electrons. The highest BCUT2D eigenvalue weighted by molar-refractivity contribution is 6.28. The van der Waals surface area contributed by atoms with Gasteiger partial charge in [-0.1, -0.05) is 0 Å². The summed E-state index contributed by atoms with van der Waals surface area (Å²) in [6.45, 7) is -1.16. The number of aromatic nitrogens is 5. The minimum Gasteiger partial charge on any atom is -0.394 e.